The molecule has 1 N–H and O–H groups in total. The van der Waals surface area contributed by atoms with Crippen molar-refractivity contribution in [1.82, 2.24) is 10.2 Å². The standard InChI is InChI=1S/C18H20F3N2P/c1-4-7-23-12(2)5-6-17(13(23)3)22-11-14-8-15(18(19,20)21)10-16(24)9-14/h4-10,22H,2,11,24H2,1,3H3/b7-4-. The fourth-order valence-electron chi connectivity index (χ4n) is 2.45. The van der Waals surface area contributed by atoms with Crippen molar-refractivity contribution in [2.45, 2.75) is 26.6 Å². The number of alkyl halides is 3. The van der Waals surface area contributed by atoms with Crippen LogP contribution in [0.2, 0.25) is 0 Å². The van der Waals surface area contributed by atoms with Crippen LogP contribution >= 0.6 is 9.24 Å². The summed E-state index contributed by atoms with van der Waals surface area (Å²) < 4.78 is 38.7. The number of halogens is 3. The second-order valence-corrected chi connectivity index (χ2v) is 6.16. The van der Waals surface area contributed by atoms with Gasteiger partial charge in [0.2, 0.25) is 0 Å². The molecule has 2 rings (SSSR count). The van der Waals surface area contributed by atoms with Gasteiger partial charge in [0, 0.05) is 24.1 Å². The molecule has 0 fully saturated rings. The number of hydrogen-bond donors (Lipinski definition) is 1. The molecule has 0 aliphatic carbocycles. The highest BCUT2D eigenvalue weighted by molar-refractivity contribution is 7.27. The summed E-state index contributed by atoms with van der Waals surface area (Å²) in [4.78, 5) is 1.93. The largest absolute Gasteiger partial charge is 0.416 e. The van der Waals surface area contributed by atoms with Crippen molar-refractivity contribution < 1.29 is 13.2 Å². The van der Waals surface area contributed by atoms with Crippen LogP contribution in [0.1, 0.15) is 25.0 Å². The summed E-state index contributed by atoms with van der Waals surface area (Å²) in [6, 6.07) is 4.01. The van der Waals surface area contributed by atoms with E-state index in [1.54, 1.807) is 6.07 Å². The van der Waals surface area contributed by atoms with Gasteiger partial charge in [0.25, 0.3) is 0 Å². The molecule has 0 bridgehead atoms. The summed E-state index contributed by atoms with van der Waals surface area (Å²) in [5, 5.41) is 3.71. The van der Waals surface area contributed by atoms with E-state index in [0.717, 1.165) is 23.2 Å². The first-order valence-corrected chi connectivity index (χ1v) is 8.00. The van der Waals surface area contributed by atoms with Gasteiger partial charge in [-0.05, 0) is 49.0 Å². The minimum Gasteiger partial charge on any atom is -0.380 e. The van der Waals surface area contributed by atoms with Gasteiger partial charge in [-0.15, -0.1) is 9.24 Å². The molecule has 0 aromatic heterocycles. The molecule has 0 amide bonds. The Labute approximate surface area is 142 Å². The van der Waals surface area contributed by atoms with Crippen LogP contribution < -0.4 is 10.6 Å². The Morgan fingerprint density at radius 3 is 2.58 bits per heavy atom. The fourth-order valence-corrected chi connectivity index (χ4v) is 2.84. The summed E-state index contributed by atoms with van der Waals surface area (Å²) in [5.74, 6) is 0. The lowest BCUT2D eigenvalue weighted by Gasteiger charge is -2.27. The van der Waals surface area contributed by atoms with E-state index in [4.69, 9.17) is 0 Å². The predicted molar refractivity (Wildman–Crippen MR) is 95.3 cm³/mol. The fraction of sp³-hybridized carbons (Fsp3) is 0.222. The van der Waals surface area contributed by atoms with E-state index in [1.165, 1.54) is 6.07 Å². The second-order valence-electron chi connectivity index (χ2n) is 5.49. The number of benzene rings is 1. The van der Waals surface area contributed by atoms with Crippen LogP contribution in [0.4, 0.5) is 13.2 Å². The first kappa shape index (κ1) is 18.3. The molecule has 1 atom stereocenters. The van der Waals surface area contributed by atoms with Gasteiger partial charge in [-0.3, -0.25) is 0 Å². The van der Waals surface area contributed by atoms with E-state index in [-0.39, 0.29) is 0 Å². The number of hydrogen-bond acceptors (Lipinski definition) is 2. The molecular weight excluding hydrogens is 332 g/mol. The van der Waals surface area contributed by atoms with Gasteiger partial charge in [0.05, 0.1) is 11.3 Å². The smallest absolute Gasteiger partial charge is 0.380 e. The van der Waals surface area contributed by atoms with Crippen molar-refractivity contribution in [3.63, 3.8) is 0 Å². The molecule has 1 aliphatic heterocycles. The quantitative estimate of drug-likeness (QED) is 0.806. The van der Waals surface area contributed by atoms with Crippen molar-refractivity contribution in [2.24, 2.45) is 0 Å². The van der Waals surface area contributed by atoms with E-state index in [1.807, 2.05) is 43.2 Å². The first-order valence-electron chi connectivity index (χ1n) is 7.43. The van der Waals surface area contributed by atoms with E-state index in [2.05, 4.69) is 21.1 Å². The minimum atomic E-state index is -4.35. The zero-order valence-electron chi connectivity index (χ0n) is 13.6. The third-order valence-electron chi connectivity index (χ3n) is 3.63. The molecule has 0 radical (unpaired) electrons. The van der Waals surface area contributed by atoms with Crippen LogP contribution in [-0.2, 0) is 12.7 Å². The lowest BCUT2D eigenvalue weighted by molar-refractivity contribution is -0.137. The topological polar surface area (TPSA) is 15.3 Å². The molecule has 2 nitrogen and oxygen atoms in total. The molecule has 0 saturated heterocycles. The number of nitrogens with zero attached hydrogens (tertiary/aromatic N) is 1. The number of allylic oxidation sites excluding steroid dienone is 4. The molecule has 128 valence electrons. The Kier molecular flexibility index (Phi) is 5.55. The molecule has 0 spiro atoms. The van der Waals surface area contributed by atoms with Gasteiger partial charge >= 0.3 is 6.18 Å². The Hall–Kier alpha value is -2.00. The molecule has 1 aromatic carbocycles. The summed E-state index contributed by atoms with van der Waals surface area (Å²) in [7, 11) is 2.32. The molecule has 1 unspecified atom stereocenters. The van der Waals surface area contributed by atoms with Gasteiger partial charge in [-0.2, -0.15) is 13.2 Å². The first-order chi connectivity index (χ1) is 11.2. The normalized spacial score (nSPS) is 15.6. The third-order valence-corrected chi connectivity index (χ3v) is 3.96. The van der Waals surface area contributed by atoms with Crippen LogP contribution in [0.3, 0.4) is 0 Å². The van der Waals surface area contributed by atoms with Gasteiger partial charge in [0.15, 0.2) is 0 Å². The van der Waals surface area contributed by atoms with Crippen LogP contribution in [-0.4, -0.2) is 4.90 Å². The minimum absolute atomic E-state index is 0.304. The molecule has 24 heavy (non-hydrogen) atoms. The van der Waals surface area contributed by atoms with Crippen molar-refractivity contribution in [3.05, 3.63) is 77.4 Å². The van der Waals surface area contributed by atoms with Crippen LogP contribution in [0.15, 0.2) is 66.3 Å². The highest BCUT2D eigenvalue weighted by Crippen LogP contribution is 2.29. The number of rotatable bonds is 4. The number of nitrogens with one attached hydrogen (secondary N) is 1. The highest BCUT2D eigenvalue weighted by atomic mass is 31.0. The van der Waals surface area contributed by atoms with E-state index in [9.17, 15) is 13.2 Å². The molecule has 6 heteroatoms. The van der Waals surface area contributed by atoms with E-state index >= 15 is 0 Å². The maximum atomic E-state index is 12.9. The Morgan fingerprint density at radius 2 is 1.96 bits per heavy atom. The Balaban J connectivity index is 2.20. The molecule has 1 aromatic rings. The van der Waals surface area contributed by atoms with Crippen LogP contribution in [0.25, 0.3) is 0 Å². The predicted octanol–water partition coefficient (Wildman–Crippen LogP) is 4.45. The summed E-state index contributed by atoms with van der Waals surface area (Å²) in [6.45, 7) is 8.12. The van der Waals surface area contributed by atoms with Gasteiger partial charge in [0.1, 0.15) is 0 Å². The molecule has 1 aliphatic rings. The Bertz CT molecular complexity index is 730. The average Bonchev–Trinajstić information content (AvgIpc) is 2.49. The van der Waals surface area contributed by atoms with Crippen molar-refractivity contribution in [2.75, 3.05) is 0 Å². The molecule has 1 heterocycles. The van der Waals surface area contributed by atoms with Crippen LogP contribution in [0.5, 0.6) is 0 Å². The van der Waals surface area contributed by atoms with Crippen molar-refractivity contribution >= 4 is 14.5 Å². The van der Waals surface area contributed by atoms with Crippen LogP contribution in [0, 0.1) is 0 Å². The van der Waals surface area contributed by atoms with E-state index < -0.39 is 11.7 Å². The van der Waals surface area contributed by atoms with Crippen molar-refractivity contribution in [1.29, 1.82) is 0 Å². The zero-order chi connectivity index (χ0) is 17.9. The molecule has 0 saturated carbocycles. The third kappa shape index (κ3) is 4.30. The SMILES string of the molecule is C=C1C=CC(NCc2cc(P)cc(C(F)(F)F)c2)=C(C)N1/C=C\C. The molecular formula is C18H20F3N2P. The van der Waals surface area contributed by atoms with E-state index in [0.29, 0.717) is 17.4 Å². The second kappa shape index (κ2) is 7.27. The average molecular weight is 352 g/mol. The van der Waals surface area contributed by atoms with Gasteiger partial charge < -0.3 is 10.2 Å². The Morgan fingerprint density at radius 1 is 1.25 bits per heavy atom. The lowest BCUT2D eigenvalue weighted by atomic mass is 10.1. The van der Waals surface area contributed by atoms with Gasteiger partial charge in [-0.1, -0.05) is 18.7 Å². The maximum absolute atomic E-state index is 12.9. The summed E-state index contributed by atoms with van der Waals surface area (Å²) >= 11 is 0. The maximum Gasteiger partial charge on any atom is 0.416 e. The monoisotopic (exact) mass is 352 g/mol. The highest BCUT2D eigenvalue weighted by Gasteiger charge is 2.30. The zero-order valence-corrected chi connectivity index (χ0v) is 14.8. The van der Waals surface area contributed by atoms with Crippen molar-refractivity contribution in [3.8, 4) is 0 Å². The summed E-state index contributed by atoms with van der Waals surface area (Å²) in [6.07, 6.45) is 3.20. The van der Waals surface area contributed by atoms with Gasteiger partial charge in [-0.25, -0.2) is 0 Å². The lowest BCUT2D eigenvalue weighted by Crippen LogP contribution is -2.24. The summed E-state index contributed by atoms with van der Waals surface area (Å²) in [5.41, 5.74) is 2.57.